The molecule has 0 aromatic heterocycles. The van der Waals surface area contributed by atoms with E-state index in [-0.39, 0.29) is 6.10 Å². The smallest absolute Gasteiger partial charge is 0.101 e. The molecule has 4 saturated carbocycles. The zero-order valence-electron chi connectivity index (χ0n) is 11.2. The van der Waals surface area contributed by atoms with Crippen molar-refractivity contribution in [2.45, 2.75) is 64.9 Å². The Morgan fingerprint density at radius 2 is 1.59 bits per heavy atom. The maximum absolute atomic E-state index is 9.39. The molecule has 4 aliphatic carbocycles. The van der Waals surface area contributed by atoms with E-state index in [1.54, 1.807) is 0 Å². The molecule has 0 saturated heterocycles. The van der Waals surface area contributed by atoms with E-state index in [1.165, 1.54) is 38.5 Å². The maximum Gasteiger partial charge on any atom is 0.101 e. The molecule has 2 unspecified atom stereocenters. The third-order valence-electron chi connectivity index (χ3n) is 5.96. The van der Waals surface area contributed by atoms with Crippen LogP contribution < -0.4 is 0 Å². The molecule has 0 aromatic rings. The highest BCUT2D eigenvalue weighted by molar-refractivity contribution is 5.05. The van der Waals surface area contributed by atoms with E-state index in [2.05, 4.69) is 13.8 Å². The van der Waals surface area contributed by atoms with Crippen LogP contribution in [0.4, 0.5) is 0 Å². The van der Waals surface area contributed by atoms with E-state index in [9.17, 15) is 5.26 Å². The highest BCUT2D eigenvalue weighted by Gasteiger charge is 2.55. The van der Waals surface area contributed by atoms with Gasteiger partial charge in [0.15, 0.2) is 0 Å². The van der Waals surface area contributed by atoms with Crippen LogP contribution in [0.1, 0.15) is 58.8 Å². The first-order valence-corrected chi connectivity index (χ1v) is 7.47. The van der Waals surface area contributed by atoms with Gasteiger partial charge in [-0.3, -0.25) is 5.26 Å². The van der Waals surface area contributed by atoms with Crippen LogP contribution in [0.15, 0.2) is 0 Å². The zero-order valence-corrected chi connectivity index (χ0v) is 11.2. The van der Waals surface area contributed by atoms with Crippen LogP contribution >= 0.6 is 0 Å². The van der Waals surface area contributed by atoms with Crippen LogP contribution in [0.3, 0.4) is 0 Å². The molecule has 1 N–H and O–H groups in total. The molecule has 17 heavy (non-hydrogen) atoms. The van der Waals surface area contributed by atoms with Gasteiger partial charge in [0.2, 0.25) is 0 Å². The van der Waals surface area contributed by atoms with Crippen molar-refractivity contribution < 1.29 is 10.1 Å². The summed E-state index contributed by atoms with van der Waals surface area (Å²) >= 11 is 0. The molecule has 0 amide bonds. The summed E-state index contributed by atoms with van der Waals surface area (Å²) in [5.74, 6) is 3.28. The average Bonchev–Trinajstić information content (AvgIpc) is 2.27. The number of hydrogen-bond donors (Lipinski definition) is 1. The van der Waals surface area contributed by atoms with E-state index in [4.69, 9.17) is 4.89 Å². The van der Waals surface area contributed by atoms with Crippen molar-refractivity contribution in [3.63, 3.8) is 0 Å². The number of hydrogen-bond acceptors (Lipinski definition) is 2. The molecule has 0 aliphatic heterocycles. The van der Waals surface area contributed by atoms with Gasteiger partial charge >= 0.3 is 0 Å². The van der Waals surface area contributed by atoms with Crippen molar-refractivity contribution in [3.05, 3.63) is 0 Å². The first kappa shape index (κ1) is 12.0. The minimum absolute atomic E-state index is 0.0842. The lowest BCUT2D eigenvalue weighted by molar-refractivity contribution is -0.331. The van der Waals surface area contributed by atoms with E-state index in [0.29, 0.717) is 11.3 Å². The second-order valence-electron chi connectivity index (χ2n) is 7.19. The Morgan fingerprint density at radius 3 is 1.94 bits per heavy atom. The third-order valence-corrected chi connectivity index (χ3v) is 5.96. The summed E-state index contributed by atoms with van der Waals surface area (Å²) in [5, 5.41) is 9.39. The Hall–Kier alpha value is -0.0800. The minimum atomic E-state index is 0.0842. The van der Waals surface area contributed by atoms with Crippen LogP contribution in [-0.4, -0.2) is 11.4 Å². The molecular formula is C15H26O2. The normalized spacial score (nSPS) is 47.1. The van der Waals surface area contributed by atoms with Crippen LogP contribution in [0, 0.1) is 29.1 Å². The molecule has 0 radical (unpaired) electrons. The largest absolute Gasteiger partial charge is 0.252 e. The Kier molecular flexibility index (Phi) is 2.99. The second kappa shape index (κ2) is 4.24. The van der Waals surface area contributed by atoms with Gasteiger partial charge in [-0.15, -0.1) is 0 Å². The fourth-order valence-electron chi connectivity index (χ4n) is 5.56. The SMILES string of the molecule is CCC(C)C(OO)C12CC3CC(CC(C3)C1)C2. The monoisotopic (exact) mass is 238 g/mol. The van der Waals surface area contributed by atoms with Gasteiger partial charge in [-0.25, -0.2) is 4.89 Å². The van der Waals surface area contributed by atoms with Crippen LogP contribution in [0.2, 0.25) is 0 Å². The molecule has 4 fully saturated rings. The Bertz CT molecular complexity index is 251. The lowest BCUT2D eigenvalue weighted by atomic mass is 9.47. The van der Waals surface area contributed by atoms with Crippen molar-refractivity contribution in [3.8, 4) is 0 Å². The fourth-order valence-corrected chi connectivity index (χ4v) is 5.56. The molecule has 0 spiro atoms. The van der Waals surface area contributed by atoms with Gasteiger partial charge in [-0.05, 0) is 62.2 Å². The van der Waals surface area contributed by atoms with Crippen LogP contribution in [-0.2, 0) is 4.89 Å². The van der Waals surface area contributed by atoms with Gasteiger partial charge in [-0.1, -0.05) is 20.3 Å². The maximum atomic E-state index is 9.39. The van der Waals surface area contributed by atoms with Gasteiger partial charge in [-0.2, -0.15) is 0 Å². The van der Waals surface area contributed by atoms with Crippen molar-refractivity contribution in [1.82, 2.24) is 0 Å². The summed E-state index contributed by atoms with van der Waals surface area (Å²) < 4.78 is 0. The average molecular weight is 238 g/mol. The van der Waals surface area contributed by atoms with E-state index in [1.807, 2.05) is 0 Å². The van der Waals surface area contributed by atoms with Crippen molar-refractivity contribution >= 4 is 0 Å². The molecular weight excluding hydrogens is 212 g/mol. The molecule has 4 rings (SSSR count). The van der Waals surface area contributed by atoms with Gasteiger partial charge in [0.25, 0.3) is 0 Å². The quantitative estimate of drug-likeness (QED) is 0.590. The topological polar surface area (TPSA) is 29.5 Å². The lowest BCUT2D eigenvalue weighted by Gasteiger charge is -2.59. The predicted octanol–water partition coefficient (Wildman–Crippen LogP) is 4.11. The van der Waals surface area contributed by atoms with Gasteiger partial charge < -0.3 is 0 Å². The van der Waals surface area contributed by atoms with Crippen molar-refractivity contribution in [1.29, 1.82) is 0 Å². The van der Waals surface area contributed by atoms with Crippen LogP contribution in [0.25, 0.3) is 0 Å². The van der Waals surface area contributed by atoms with Gasteiger partial charge in [0, 0.05) is 5.41 Å². The number of rotatable bonds is 4. The molecule has 0 aromatic carbocycles. The highest BCUT2D eigenvalue weighted by Crippen LogP contribution is 2.62. The Balaban J connectivity index is 1.85. The highest BCUT2D eigenvalue weighted by atomic mass is 17.1. The summed E-state index contributed by atoms with van der Waals surface area (Å²) in [6.07, 6.45) is 9.50. The summed E-state index contributed by atoms with van der Waals surface area (Å²) in [6.45, 7) is 4.44. The van der Waals surface area contributed by atoms with Crippen LogP contribution in [0.5, 0.6) is 0 Å². The molecule has 0 heterocycles. The molecule has 98 valence electrons. The standard InChI is InChI=1S/C15H26O2/c1-3-10(2)14(17-16)15-7-11-4-12(8-15)6-13(5-11)9-15/h10-14,16H,3-9H2,1-2H3. The molecule has 2 atom stereocenters. The summed E-state index contributed by atoms with van der Waals surface area (Å²) in [4.78, 5) is 4.99. The van der Waals surface area contributed by atoms with E-state index >= 15 is 0 Å². The Morgan fingerprint density at radius 1 is 1.12 bits per heavy atom. The molecule has 2 heteroatoms. The van der Waals surface area contributed by atoms with Gasteiger partial charge in [0.1, 0.15) is 6.10 Å². The summed E-state index contributed by atoms with van der Waals surface area (Å²) in [5.41, 5.74) is 0.318. The molecule has 2 nitrogen and oxygen atoms in total. The third kappa shape index (κ3) is 1.84. The summed E-state index contributed by atoms with van der Waals surface area (Å²) in [7, 11) is 0. The van der Waals surface area contributed by atoms with Crippen molar-refractivity contribution in [2.24, 2.45) is 29.1 Å². The van der Waals surface area contributed by atoms with Crippen molar-refractivity contribution in [2.75, 3.05) is 0 Å². The molecule has 4 bridgehead atoms. The fraction of sp³-hybridized carbons (Fsp3) is 1.00. The predicted molar refractivity (Wildman–Crippen MR) is 67.6 cm³/mol. The lowest BCUT2D eigenvalue weighted by Crippen LogP contribution is -2.53. The zero-order chi connectivity index (χ0) is 12.0. The minimum Gasteiger partial charge on any atom is -0.252 e. The Labute approximate surface area is 105 Å². The molecule has 4 aliphatic rings. The second-order valence-corrected chi connectivity index (χ2v) is 7.19. The first-order valence-electron chi connectivity index (χ1n) is 7.47. The summed E-state index contributed by atoms with van der Waals surface area (Å²) in [6, 6.07) is 0. The van der Waals surface area contributed by atoms with E-state index < -0.39 is 0 Å². The first-order chi connectivity index (χ1) is 8.16. The van der Waals surface area contributed by atoms with E-state index in [0.717, 1.165) is 24.2 Å². The van der Waals surface area contributed by atoms with Gasteiger partial charge in [0.05, 0.1) is 0 Å².